The average molecular weight is 347 g/mol. The van der Waals surface area contributed by atoms with Crippen molar-refractivity contribution in [2.45, 2.75) is 90.3 Å². The van der Waals surface area contributed by atoms with Gasteiger partial charge in [-0.15, -0.1) is 0 Å². The number of carbonyl (C=O) groups excluding carboxylic acids is 1. The second kappa shape index (κ2) is 7.67. The van der Waals surface area contributed by atoms with Gasteiger partial charge in [-0.3, -0.25) is 0 Å². The SMILES string of the molecule is CC(C)(C)OC(=O)NC1CCCC(Nc2ccc(C(C)(C)C)cc2)C1. The number of carbonyl (C=O) groups is 1. The van der Waals surface area contributed by atoms with Crippen molar-refractivity contribution < 1.29 is 9.53 Å². The van der Waals surface area contributed by atoms with Crippen molar-refractivity contribution >= 4 is 11.8 Å². The lowest BCUT2D eigenvalue weighted by Crippen LogP contribution is -2.43. The van der Waals surface area contributed by atoms with Gasteiger partial charge in [-0.25, -0.2) is 4.79 Å². The minimum Gasteiger partial charge on any atom is -0.444 e. The highest BCUT2D eigenvalue weighted by atomic mass is 16.6. The summed E-state index contributed by atoms with van der Waals surface area (Å²) in [5.41, 5.74) is 2.21. The molecule has 2 atom stereocenters. The Kier molecular flexibility index (Phi) is 6.02. The van der Waals surface area contributed by atoms with E-state index in [9.17, 15) is 4.79 Å². The number of hydrogen-bond acceptors (Lipinski definition) is 3. The molecule has 1 aromatic rings. The highest BCUT2D eigenvalue weighted by Gasteiger charge is 2.25. The third kappa shape index (κ3) is 6.60. The second-order valence-electron chi connectivity index (χ2n) is 9.18. The second-order valence-corrected chi connectivity index (χ2v) is 9.18. The summed E-state index contributed by atoms with van der Waals surface area (Å²) in [5.74, 6) is 0. The first-order chi connectivity index (χ1) is 11.5. The number of amides is 1. The van der Waals surface area contributed by atoms with Crippen molar-refractivity contribution in [2.75, 3.05) is 5.32 Å². The van der Waals surface area contributed by atoms with E-state index in [-0.39, 0.29) is 17.6 Å². The van der Waals surface area contributed by atoms with Crippen LogP contribution in [0.4, 0.5) is 10.5 Å². The van der Waals surface area contributed by atoms with E-state index in [2.05, 4.69) is 55.7 Å². The van der Waals surface area contributed by atoms with Gasteiger partial charge in [-0.05, 0) is 69.6 Å². The molecule has 0 radical (unpaired) electrons. The first kappa shape index (κ1) is 19.6. The van der Waals surface area contributed by atoms with E-state index in [0.717, 1.165) is 31.4 Å². The van der Waals surface area contributed by atoms with Crippen molar-refractivity contribution in [3.63, 3.8) is 0 Å². The number of hydrogen-bond donors (Lipinski definition) is 2. The van der Waals surface area contributed by atoms with Gasteiger partial charge >= 0.3 is 6.09 Å². The van der Waals surface area contributed by atoms with Crippen LogP contribution in [0.2, 0.25) is 0 Å². The lowest BCUT2D eigenvalue weighted by molar-refractivity contribution is 0.0492. The number of ether oxygens (including phenoxy) is 1. The van der Waals surface area contributed by atoms with E-state index in [1.54, 1.807) is 0 Å². The van der Waals surface area contributed by atoms with Crippen LogP contribution >= 0.6 is 0 Å². The van der Waals surface area contributed by atoms with Crippen LogP contribution < -0.4 is 10.6 Å². The molecular weight excluding hydrogens is 312 g/mol. The Morgan fingerprint density at radius 1 is 1.00 bits per heavy atom. The van der Waals surface area contributed by atoms with Crippen LogP contribution in [0.1, 0.15) is 72.8 Å². The van der Waals surface area contributed by atoms with Crippen molar-refractivity contribution in [3.8, 4) is 0 Å². The fourth-order valence-electron chi connectivity index (χ4n) is 3.23. The summed E-state index contributed by atoms with van der Waals surface area (Å²) in [5, 5.41) is 6.64. The van der Waals surface area contributed by atoms with E-state index < -0.39 is 5.60 Å². The van der Waals surface area contributed by atoms with Crippen LogP contribution in [0.15, 0.2) is 24.3 Å². The summed E-state index contributed by atoms with van der Waals surface area (Å²) in [7, 11) is 0. The Hall–Kier alpha value is -1.71. The largest absolute Gasteiger partial charge is 0.444 e. The predicted octanol–water partition coefficient (Wildman–Crippen LogP) is 5.23. The van der Waals surface area contributed by atoms with Gasteiger partial charge in [0.25, 0.3) is 0 Å². The van der Waals surface area contributed by atoms with Crippen LogP contribution in [0, 0.1) is 0 Å². The summed E-state index contributed by atoms with van der Waals surface area (Å²) in [6.07, 6.45) is 3.87. The van der Waals surface area contributed by atoms with E-state index in [1.165, 1.54) is 5.56 Å². The number of benzene rings is 1. The highest BCUT2D eigenvalue weighted by molar-refractivity contribution is 5.68. The van der Waals surface area contributed by atoms with E-state index in [4.69, 9.17) is 4.74 Å². The summed E-state index contributed by atoms with van der Waals surface area (Å²) < 4.78 is 5.37. The van der Waals surface area contributed by atoms with Gasteiger partial charge in [-0.2, -0.15) is 0 Å². The maximum Gasteiger partial charge on any atom is 0.407 e. The van der Waals surface area contributed by atoms with Crippen molar-refractivity contribution in [3.05, 3.63) is 29.8 Å². The Morgan fingerprint density at radius 3 is 2.16 bits per heavy atom. The lowest BCUT2D eigenvalue weighted by Gasteiger charge is -2.31. The first-order valence-electron chi connectivity index (χ1n) is 9.39. The molecule has 2 N–H and O–H groups in total. The third-order valence-electron chi connectivity index (χ3n) is 4.52. The quantitative estimate of drug-likeness (QED) is 0.787. The van der Waals surface area contributed by atoms with Gasteiger partial charge in [0.15, 0.2) is 0 Å². The zero-order chi connectivity index (χ0) is 18.7. The van der Waals surface area contributed by atoms with Gasteiger partial charge in [0.2, 0.25) is 0 Å². The van der Waals surface area contributed by atoms with Crippen LogP contribution in [0.25, 0.3) is 0 Å². The zero-order valence-electron chi connectivity index (χ0n) is 16.6. The van der Waals surface area contributed by atoms with E-state index >= 15 is 0 Å². The van der Waals surface area contributed by atoms with E-state index in [0.29, 0.717) is 6.04 Å². The molecule has 0 bridgehead atoms. The molecule has 0 saturated heterocycles. The van der Waals surface area contributed by atoms with Crippen LogP contribution in [0.3, 0.4) is 0 Å². The molecule has 25 heavy (non-hydrogen) atoms. The summed E-state index contributed by atoms with van der Waals surface area (Å²) >= 11 is 0. The smallest absolute Gasteiger partial charge is 0.407 e. The maximum absolute atomic E-state index is 12.0. The first-order valence-corrected chi connectivity index (χ1v) is 9.39. The fraction of sp³-hybridized carbons (Fsp3) is 0.667. The topological polar surface area (TPSA) is 50.4 Å². The van der Waals surface area contributed by atoms with Crippen molar-refractivity contribution in [1.82, 2.24) is 5.32 Å². The van der Waals surface area contributed by atoms with Gasteiger partial charge < -0.3 is 15.4 Å². The van der Waals surface area contributed by atoms with Crippen molar-refractivity contribution in [2.24, 2.45) is 0 Å². The molecule has 1 aromatic carbocycles. The summed E-state index contributed by atoms with van der Waals surface area (Å²) in [6.45, 7) is 12.3. The summed E-state index contributed by atoms with van der Waals surface area (Å²) in [6, 6.07) is 9.27. The van der Waals surface area contributed by atoms with Gasteiger partial charge in [0.1, 0.15) is 5.60 Å². The minimum absolute atomic E-state index is 0.172. The molecule has 2 unspecified atom stereocenters. The van der Waals surface area contributed by atoms with Crippen LogP contribution in [-0.4, -0.2) is 23.8 Å². The van der Waals surface area contributed by atoms with Gasteiger partial charge in [0.05, 0.1) is 0 Å². The molecule has 1 aliphatic rings. The number of nitrogens with one attached hydrogen (secondary N) is 2. The molecule has 2 rings (SSSR count). The molecule has 0 aromatic heterocycles. The molecule has 1 fully saturated rings. The van der Waals surface area contributed by atoms with E-state index in [1.807, 2.05) is 20.8 Å². The Balaban J connectivity index is 1.88. The lowest BCUT2D eigenvalue weighted by atomic mass is 9.87. The average Bonchev–Trinajstić information content (AvgIpc) is 2.45. The number of alkyl carbamates (subject to hydrolysis) is 1. The fourth-order valence-corrected chi connectivity index (χ4v) is 3.23. The molecule has 4 nitrogen and oxygen atoms in total. The Labute approximate surface area is 152 Å². The normalized spacial score (nSPS) is 21.5. The van der Waals surface area contributed by atoms with Gasteiger partial charge in [-0.1, -0.05) is 32.9 Å². The molecule has 4 heteroatoms. The van der Waals surface area contributed by atoms with Crippen LogP contribution in [-0.2, 0) is 10.2 Å². The molecule has 1 saturated carbocycles. The molecule has 140 valence electrons. The zero-order valence-corrected chi connectivity index (χ0v) is 16.6. The number of anilines is 1. The summed E-state index contributed by atoms with van der Waals surface area (Å²) in [4.78, 5) is 12.0. The standard InChI is InChI=1S/C21H34N2O2/c1-20(2,3)15-10-12-16(13-11-15)22-17-8-7-9-18(14-17)23-19(24)25-21(4,5)6/h10-13,17-18,22H,7-9,14H2,1-6H3,(H,23,24). The maximum atomic E-state index is 12.0. The van der Waals surface area contributed by atoms with Crippen molar-refractivity contribution in [1.29, 1.82) is 0 Å². The Bertz CT molecular complexity index is 567. The number of rotatable bonds is 3. The van der Waals surface area contributed by atoms with Gasteiger partial charge in [0, 0.05) is 17.8 Å². The third-order valence-corrected chi connectivity index (χ3v) is 4.52. The molecule has 1 aliphatic carbocycles. The monoisotopic (exact) mass is 346 g/mol. The molecular formula is C21H34N2O2. The predicted molar refractivity (Wildman–Crippen MR) is 104 cm³/mol. The molecule has 0 spiro atoms. The molecule has 0 heterocycles. The highest BCUT2D eigenvalue weighted by Crippen LogP contribution is 2.26. The molecule has 1 amide bonds. The minimum atomic E-state index is -0.453. The van der Waals surface area contributed by atoms with Crippen LogP contribution in [0.5, 0.6) is 0 Å². The Morgan fingerprint density at radius 2 is 1.60 bits per heavy atom. The molecule has 0 aliphatic heterocycles.